The summed E-state index contributed by atoms with van der Waals surface area (Å²) < 4.78 is 5.29. The maximum Gasteiger partial charge on any atom is 0.338 e. The maximum absolute atomic E-state index is 12.3. The molecular weight excluding hydrogens is 376 g/mol. The summed E-state index contributed by atoms with van der Waals surface area (Å²) in [5.74, 6) is -0.234. The first kappa shape index (κ1) is 17.9. The van der Waals surface area contributed by atoms with Gasteiger partial charge in [0.1, 0.15) is 12.4 Å². The zero-order chi connectivity index (χ0) is 19.5. The minimum Gasteiger partial charge on any atom is -0.454 e. The standard InChI is InChI=1S/C22H15ClN2O3/c23-17-10-11-18-19(12-17)24-20(25-21(18)26)13-28-22(27)16-8-6-15(7-9-16)14-4-2-1-3-5-14/h1-12H,13H2,(H,24,25,26). The summed E-state index contributed by atoms with van der Waals surface area (Å²) in [5, 5.41) is 0.906. The van der Waals surface area contributed by atoms with E-state index in [1.165, 1.54) is 0 Å². The molecular formula is C22H15ClN2O3. The molecule has 0 amide bonds. The van der Waals surface area contributed by atoms with Gasteiger partial charge in [0.2, 0.25) is 0 Å². The molecule has 1 aromatic heterocycles. The molecule has 1 N–H and O–H groups in total. The molecule has 3 aromatic carbocycles. The van der Waals surface area contributed by atoms with Gasteiger partial charge in [-0.15, -0.1) is 0 Å². The predicted octanol–water partition coefficient (Wildman–Crippen LogP) is 4.60. The fourth-order valence-electron chi connectivity index (χ4n) is 2.88. The number of aromatic amines is 1. The van der Waals surface area contributed by atoms with Crippen LogP contribution in [-0.4, -0.2) is 15.9 Å². The molecule has 0 aliphatic heterocycles. The number of hydrogen-bond acceptors (Lipinski definition) is 4. The van der Waals surface area contributed by atoms with E-state index in [0.29, 0.717) is 21.5 Å². The third kappa shape index (κ3) is 3.80. The van der Waals surface area contributed by atoms with Crippen LogP contribution < -0.4 is 5.56 Å². The van der Waals surface area contributed by atoms with E-state index in [9.17, 15) is 9.59 Å². The summed E-state index contributed by atoms with van der Waals surface area (Å²) >= 11 is 5.95. The van der Waals surface area contributed by atoms with Gasteiger partial charge in [-0.3, -0.25) is 4.79 Å². The number of hydrogen-bond donors (Lipinski definition) is 1. The number of ether oxygens (including phenoxy) is 1. The molecule has 0 saturated heterocycles. The van der Waals surface area contributed by atoms with E-state index >= 15 is 0 Å². The number of nitrogens with one attached hydrogen (secondary N) is 1. The van der Waals surface area contributed by atoms with Gasteiger partial charge < -0.3 is 9.72 Å². The van der Waals surface area contributed by atoms with Gasteiger partial charge in [0.15, 0.2) is 0 Å². The lowest BCUT2D eigenvalue weighted by molar-refractivity contribution is 0.0462. The molecule has 0 bridgehead atoms. The Kier molecular flexibility index (Phi) is 4.91. The number of rotatable bonds is 4. The Hall–Kier alpha value is -3.44. The highest BCUT2D eigenvalue weighted by atomic mass is 35.5. The van der Waals surface area contributed by atoms with E-state index in [-0.39, 0.29) is 18.0 Å². The van der Waals surface area contributed by atoms with Crippen LogP contribution in [0.2, 0.25) is 5.02 Å². The Morgan fingerprint density at radius 1 is 0.964 bits per heavy atom. The Morgan fingerprint density at radius 3 is 2.43 bits per heavy atom. The van der Waals surface area contributed by atoms with Gasteiger partial charge >= 0.3 is 5.97 Å². The minimum absolute atomic E-state index is 0.142. The fraction of sp³-hybridized carbons (Fsp3) is 0.0455. The van der Waals surface area contributed by atoms with Crippen LogP contribution in [-0.2, 0) is 11.3 Å². The number of fused-ring (bicyclic) bond motifs is 1. The Bertz CT molecular complexity index is 1200. The van der Waals surface area contributed by atoms with Crippen LogP contribution in [0, 0.1) is 0 Å². The van der Waals surface area contributed by atoms with E-state index in [0.717, 1.165) is 11.1 Å². The molecule has 0 unspecified atom stereocenters. The van der Waals surface area contributed by atoms with Gasteiger partial charge in [-0.05, 0) is 41.5 Å². The Labute approximate surface area is 165 Å². The van der Waals surface area contributed by atoms with Crippen molar-refractivity contribution in [1.29, 1.82) is 0 Å². The number of esters is 1. The lowest BCUT2D eigenvalue weighted by Gasteiger charge is -2.07. The molecule has 0 saturated carbocycles. The summed E-state index contributed by atoms with van der Waals surface area (Å²) in [7, 11) is 0. The molecule has 0 atom stereocenters. The molecule has 0 aliphatic rings. The first-order valence-electron chi connectivity index (χ1n) is 8.61. The minimum atomic E-state index is -0.492. The van der Waals surface area contributed by atoms with Crippen molar-refractivity contribution in [2.45, 2.75) is 6.61 Å². The summed E-state index contributed by atoms with van der Waals surface area (Å²) in [6.07, 6.45) is 0. The van der Waals surface area contributed by atoms with Crippen molar-refractivity contribution in [3.63, 3.8) is 0 Å². The van der Waals surface area contributed by atoms with Crippen LogP contribution >= 0.6 is 11.6 Å². The normalized spacial score (nSPS) is 10.8. The van der Waals surface area contributed by atoms with Crippen molar-refractivity contribution in [3.05, 3.63) is 99.6 Å². The van der Waals surface area contributed by atoms with E-state index in [1.807, 2.05) is 42.5 Å². The quantitative estimate of drug-likeness (QED) is 0.517. The lowest BCUT2D eigenvalue weighted by atomic mass is 10.0. The van der Waals surface area contributed by atoms with E-state index in [1.54, 1.807) is 30.3 Å². The molecule has 4 aromatic rings. The predicted molar refractivity (Wildman–Crippen MR) is 108 cm³/mol. The van der Waals surface area contributed by atoms with Gasteiger partial charge in [0.25, 0.3) is 5.56 Å². The molecule has 0 aliphatic carbocycles. The Morgan fingerprint density at radius 2 is 1.68 bits per heavy atom. The van der Waals surface area contributed by atoms with Crippen molar-refractivity contribution >= 4 is 28.5 Å². The SMILES string of the molecule is O=C(OCc1nc2cc(Cl)ccc2c(=O)[nH]1)c1ccc(-c2ccccc2)cc1. The highest BCUT2D eigenvalue weighted by Gasteiger charge is 2.10. The molecule has 0 radical (unpaired) electrons. The Balaban J connectivity index is 1.48. The van der Waals surface area contributed by atoms with E-state index in [4.69, 9.17) is 16.3 Å². The average molecular weight is 391 g/mol. The van der Waals surface area contributed by atoms with Gasteiger partial charge in [-0.1, -0.05) is 54.1 Å². The zero-order valence-electron chi connectivity index (χ0n) is 14.7. The second-order valence-corrected chi connectivity index (χ2v) is 6.63. The van der Waals surface area contributed by atoms with Crippen molar-refractivity contribution in [2.75, 3.05) is 0 Å². The molecule has 5 nitrogen and oxygen atoms in total. The number of halogens is 1. The lowest BCUT2D eigenvalue weighted by Crippen LogP contribution is -2.14. The van der Waals surface area contributed by atoms with Gasteiger partial charge in [0.05, 0.1) is 16.5 Å². The summed E-state index contributed by atoms with van der Waals surface area (Å²) in [6, 6.07) is 21.9. The molecule has 0 fully saturated rings. The van der Waals surface area contributed by atoms with E-state index in [2.05, 4.69) is 9.97 Å². The second-order valence-electron chi connectivity index (χ2n) is 6.19. The van der Waals surface area contributed by atoms with Crippen molar-refractivity contribution in [3.8, 4) is 11.1 Å². The van der Waals surface area contributed by atoms with Gasteiger partial charge in [0, 0.05) is 5.02 Å². The topological polar surface area (TPSA) is 72.0 Å². The number of nitrogens with zero attached hydrogens (tertiary/aromatic N) is 1. The van der Waals surface area contributed by atoms with Crippen LogP contribution in [0.3, 0.4) is 0 Å². The molecule has 0 spiro atoms. The molecule has 1 heterocycles. The maximum atomic E-state index is 12.3. The van der Waals surface area contributed by atoms with Crippen molar-refractivity contribution in [2.24, 2.45) is 0 Å². The first-order chi connectivity index (χ1) is 13.6. The number of carbonyl (C=O) groups is 1. The highest BCUT2D eigenvalue weighted by molar-refractivity contribution is 6.31. The van der Waals surface area contributed by atoms with Crippen LogP contribution in [0.5, 0.6) is 0 Å². The van der Waals surface area contributed by atoms with Gasteiger partial charge in [-0.2, -0.15) is 0 Å². The third-order valence-electron chi connectivity index (χ3n) is 4.29. The van der Waals surface area contributed by atoms with Crippen LogP contribution in [0.15, 0.2) is 77.6 Å². The molecule has 138 valence electrons. The summed E-state index contributed by atoms with van der Waals surface area (Å²) in [6.45, 7) is -0.142. The monoisotopic (exact) mass is 390 g/mol. The highest BCUT2D eigenvalue weighted by Crippen LogP contribution is 2.20. The number of aromatic nitrogens is 2. The fourth-order valence-corrected chi connectivity index (χ4v) is 3.04. The summed E-state index contributed by atoms with van der Waals surface area (Å²) in [4.78, 5) is 31.3. The van der Waals surface area contributed by atoms with Crippen LogP contribution in [0.1, 0.15) is 16.2 Å². The van der Waals surface area contributed by atoms with Gasteiger partial charge in [-0.25, -0.2) is 9.78 Å². The average Bonchev–Trinajstić information content (AvgIpc) is 2.72. The van der Waals surface area contributed by atoms with Crippen LogP contribution in [0.25, 0.3) is 22.0 Å². The summed E-state index contributed by atoms with van der Waals surface area (Å²) in [5.41, 5.74) is 2.65. The zero-order valence-corrected chi connectivity index (χ0v) is 15.4. The van der Waals surface area contributed by atoms with Crippen molar-refractivity contribution < 1.29 is 9.53 Å². The number of carbonyl (C=O) groups excluding carboxylic acids is 1. The largest absolute Gasteiger partial charge is 0.454 e. The number of benzene rings is 3. The first-order valence-corrected chi connectivity index (χ1v) is 8.99. The molecule has 6 heteroatoms. The van der Waals surface area contributed by atoms with E-state index < -0.39 is 5.97 Å². The van der Waals surface area contributed by atoms with Crippen molar-refractivity contribution in [1.82, 2.24) is 9.97 Å². The second kappa shape index (κ2) is 7.66. The molecule has 28 heavy (non-hydrogen) atoms. The van der Waals surface area contributed by atoms with Crippen LogP contribution in [0.4, 0.5) is 0 Å². The number of H-pyrrole nitrogens is 1. The third-order valence-corrected chi connectivity index (χ3v) is 4.52. The molecule has 4 rings (SSSR count). The smallest absolute Gasteiger partial charge is 0.338 e.